The topological polar surface area (TPSA) is 69.0 Å². The minimum absolute atomic E-state index is 0.217. The maximum Gasteiger partial charge on any atom is 0.259 e. The molecule has 2 aromatic carbocycles. The van der Waals surface area contributed by atoms with Crippen molar-refractivity contribution in [2.75, 3.05) is 5.32 Å². The van der Waals surface area contributed by atoms with E-state index in [1.54, 1.807) is 23.8 Å². The zero-order valence-corrected chi connectivity index (χ0v) is 15.8. The van der Waals surface area contributed by atoms with E-state index in [0.29, 0.717) is 24.5 Å². The Morgan fingerprint density at radius 3 is 2.89 bits per heavy atom. The van der Waals surface area contributed by atoms with Gasteiger partial charge < -0.3 is 10.1 Å². The lowest BCUT2D eigenvalue weighted by atomic mass is 10.1. The Labute approximate surface area is 166 Å². The van der Waals surface area contributed by atoms with Crippen molar-refractivity contribution >= 4 is 22.9 Å². The second kappa shape index (κ2) is 8.49. The Morgan fingerprint density at radius 2 is 2.07 bits per heavy atom. The summed E-state index contributed by atoms with van der Waals surface area (Å²) in [6.45, 7) is 0.969. The zero-order valence-electron chi connectivity index (χ0n) is 15.0. The molecule has 7 heteroatoms. The first kappa shape index (κ1) is 17.9. The van der Waals surface area contributed by atoms with Gasteiger partial charge >= 0.3 is 0 Å². The Bertz CT molecular complexity index is 1050. The van der Waals surface area contributed by atoms with Crippen LogP contribution in [0.5, 0.6) is 5.75 Å². The Hall–Kier alpha value is -3.45. The van der Waals surface area contributed by atoms with Gasteiger partial charge in [0.25, 0.3) is 5.91 Å². The van der Waals surface area contributed by atoms with Crippen LogP contribution in [0.15, 0.2) is 77.9 Å². The lowest BCUT2D eigenvalue weighted by Crippen LogP contribution is -2.14. The zero-order chi connectivity index (χ0) is 19.2. The van der Waals surface area contributed by atoms with Gasteiger partial charge in [-0.1, -0.05) is 24.3 Å². The molecule has 140 valence electrons. The quantitative estimate of drug-likeness (QED) is 0.513. The third kappa shape index (κ3) is 4.44. The molecule has 0 saturated heterocycles. The van der Waals surface area contributed by atoms with E-state index in [1.165, 1.54) is 11.3 Å². The highest BCUT2D eigenvalue weighted by Crippen LogP contribution is 2.21. The van der Waals surface area contributed by atoms with Crippen molar-refractivity contribution in [1.82, 2.24) is 14.8 Å². The van der Waals surface area contributed by atoms with Gasteiger partial charge in [0.1, 0.15) is 12.4 Å². The number of carbonyl (C=O) groups is 1. The van der Waals surface area contributed by atoms with Crippen molar-refractivity contribution in [2.45, 2.75) is 13.2 Å². The van der Waals surface area contributed by atoms with Crippen LogP contribution in [0.2, 0.25) is 0 Å². The van der Waals surface area contributed by atoms with Crippen molar-refractivity contribution in [1.29, 1.82) is 0 Å². The fourth-order valence-corrected chi connectivity index (χ4v) is 3.31. The third-order valence-corrected chi connectivity index (χ3v) is 4.71. The summed E-state index contributed by atoms with van der Waals surface area (Å²) in [6.07, 6.45) is 3.65. The number of para-hydroxylation sites is 1. The highest BCUT2D eigenvalue weighted by Gasteiger charge is 2.13. The van der Waals surface area contributed by atoms with Crippen molar-refractivity contribution in [3.63, 3.8) is 0 Å². The van der Waals surface area contributed by atoms with Crippen molar-refractivity contribution in [2.24, 2.45) is 0 Å². The second-order valence-electron chi connectivity index (χ2n) is 6.12. The van der Waals surface area contributed by atoms with Crippen LogP contribution >= 0.6 is 11.3 Å². The molecule has 2 aromatic heterocycles. The average molecular weight is 390 g/mol. The van der Waals surface area contributed by atoms with Crippen LogP contribution in [0.1, 0.15) is 21.6 Å². The van der Waals surface area contributed by atoms with E-state index < -0.39 is 0 Å². The molecular weight excluding hydrogens is 372 g/mol. The molecule has 0 fully saturated rings. The molecule has 1 N–H and O–H groups in total. The van der Waals surface area contributed by atoms with Gasteiger partial charge in [-0.3, -0.25) is 9.48 Å². The van der Waals surface area contributed by atoms with Crippen LogP contribution < -0.4 is 10.1 Å². The molecular formula is C21H18N4O2S. The Balaban J connectivity index is 1.46. The first-order valence-electron chi connectivity index (χ1n) is 8.74. The van der Waals surface area contributed by atoms with E-state index in [2.05, 4.69) is 15.4 Å². The summed E-state index contributed by atoms with van der Waals surface area (Å²) in [5, 5.41) is 9.09. The van der Waals surface area contributed by atoms with Crippen LogP contribution in [0.25, 0.3) is 0 Å². The van der Waals surface area contributed by atoms with E-state index in [-0.39, 0.29) is 5.91 Å². The number of thiazole rings is 1. The third-order valence-electron chi connectivity index (χ3n) is 4.08. The van der Waals surface area contributed by atoms with Gasteiger partial charge in [-0.2, -0.15) is 5.10 Å². The summed E-state index contributed by atoms with van der Waals surface area (Å²) in [5.74, 6) is 0.311. The average Bonchev–Trinajstić information content (AvgIpc) is 3.41. The number of amides is 1. The van der Waals surface area contributed by atoms with Crippen LogP contribution in [-0.2, 0) is 13.2 Å². The van der Waals surface area contributed by atoms with Crippen molar-refractivity contribution in [3.8, 4) is 5.75 Å². The first-order valence-corrected chi connectivity index (χ1v) is 9.69. The fraction of sp³-hybridized carbons (Fsp3) is 0.0952. The summed E-state index contributed by atoms with van der Waals surface area (Å²) < 4.78 is 7.64. The van der Waals surface area contributed by atoms with Gasteiger partial charge in [-0.05, 0) is 35.9 Å². The fourth-order valence-electron chi connectivity index (χ4n) is 2.77. The standard InChI is InChI=1S/C21H18N4O2S/c26-21(19-7-1-2-8-20(19)27-13-18-14-28-15-22-18)24-17-6-3-5-16(11-17)12-25-10-4-9-23-25/h1-11,14-15H,12-13H2,(H,24,26). The first-order chi connectivity index (χ1) is 13.8. The summed E-state index contributed by atoms with van der Waals surface area (Å²) >= 11 is 1.51. The molecule has 1 amide bonds. The lowest BCUT2D eigenvalue weighted by Gasteiger charge is -2.12. The van der Waals surface area contributed by atoms with Gasteiger partial charge in [0.2, 0.25) is 0 Å². The number of hydrogen-bond donors (Lipinski definition) is 1. The van der Waals surface area contributed by atoms with Crippen LogP contribution in [0, 0.1) is 0 Å². The van der Waals surface area contributed by atoms with Crippen LogP contribution in [0.3, 0.4) is 0 Å². The molecule has 0 saturated carbocycles. The molecule has 4 rings (SSSR count). The number of carbonyl (C=O) groups excluding carboxylic acids is 1. The second-order valence-corrected chi connectivity index (χ2v) is 6.84. The molecule has 4 aromatic rings. The summed E-state index contributed by atoms with van der Waals surface area (Å²) in [7, 11) is 0. The number of nitrogens with one attached hydrogen (secondary N) is 1. The van der Waals surface area contributed by atoms with Crippen molar-refractivity contribution in [3.05, 3.63) is 94.7 Å². The number of benzene rings is 2. The van der Waals surface area contributed by atoms with Gasteiger partial charge in [-0.15, -0.1) is 11.3 Å². The molecule has 2 heterocycles. The van der Waals surface area contributed by atoms with E-state index in [1.807, 2.05) is 58.7 Å². The number of nitrogens with zero attached hydrogens (tertiary/aromatic N) is 3. The van der Waals surface area contributed by atoms with Gasteiger partial charge in [0.15, 0.2) is 0 Å². The molecule has 0 unspecified atom stereocenters. The maximum atomic E-state index is 12.8. The summed E-state index contributed by atoms with van der Waals surface area (Å²) in [4.78, 5) is 17.0. The molecule has 0 spiro atoms. The molecule has 0 radical (unpaired) electrons. The van der Waals surface area contributed by atoms with Crippen LogP contribution in [-0.4, -0.2) is 20.7 Å². The summed E-state index contributed by atoms with van der Waals surface area (Å²) in [6, 6.07) is 16.8. The molecule has 0 bridgehead atoms. The molecule has 6 nitrogen and oxygen atoms in total. The number of rotatable bonds is 7. The number of aromatic nitrogens is 3. The summed E-state index contributed by atoms with van der Waals surface area (Å²) in [5.41, 5.74) is 4.85. The van der Waals surface area contributed by atoms with E-state index in [9.17, 15) is 4.79 Å². The predicted molar refractivity (Wildman–Crippen MR) is 109 cm³/mol. The molecule has 0 aliphatic carbocycles. The van der Waals surface area contributed by atoms with E-state index in [0.717, 1.165) is 16.9 Å². The van der Waals surface area contributed by atoms with Gasteiger partial charge in [0, 0.05) is 23.5 Å². The highest BCUT2D eigenvalue weighted by molar-refractivity contribution is 7.07. The SMILES string of the molecule is O=C(Nc1cccc(Cn2cccn2)c1)c1ccccc1OCc1cscn1. The molecule has 0 aliphatic rings. The van der Waals surface area contributed by atoms with Gasteiger partial charge in [-0.25, -0.2) is 4.98 Å². The number of hydrogen-bond acceptors (Lipinski definition) is 5. The molecule has 28 heavy (non-hydrogen) atoms. The minimum Gasteiger partial charge on any atom is -0.486 e. The molecule has 0 atom stereocenters. The van der Waals surface area contributed by atoms with E-state index in [4.69, 9.17) is 4.74 Å². The highest BCUT2D eigenvalue weighted by atomic mass is 32.1. The van der Waals surface area contributed by atoms with E-state index >= 15 is 0 Å². The Kier molecular flexibility index (Phi) is 5.44. The maximum absolute atomic E-state index is 12.8. The molecule has 0 aliphatic heterocycles. The lowest BCUT2D eigenvalue weighted by molar-refractivity contribution is 0.102. The van der Waals surface area contributed by atoms with Crippen LogP contribution in [0.4, 0.5) is 5.69 Å². The minimum atomic E-state index is -0.217. The van der Waals surface area contributed by atoms with Gasteiger partial charge in [0.05, 0.1) is 23.3 Å². The smallest absolute Gasteiger partial charge is 0.259 e. The monoisotopic (exact) mass is 390 g/mol. The largest absolute Gasteiger partial charge is 0.486 e. The number of anilines is 1. The number of ether oxygens (including phenoxy) is 1. The van der Waals surface area contributed by atoms with Crippen molar-refractivity contribution < 1.29 is 9.53 Å². The predicted octanol–water partition coefficient (Wildman–Crippen LogP) is 4.22. The normalized spacial score (nSPS) is 10.6. The Morgan fingerprint density at radius 1 is 1.14 bits per heavy atom.